The maximum atomic E-state index is 12.3. The highest BCUT2D eigenvalue weighted by molar-refractivity contribution is 5.84. The van der Waals surface area contributed by atoms with Crippen LogP contribution in [-0.2, 0) is 16.0 Å². The van der Waals surface area contributed by atoms with Gasteiger partial charge in [0.15, 0.2) is 0 Å². The predicted octanol–water partition coefficient (Wildman–Crippen LogP) is 1.32. The third kappa shape index (κ3) is 3.09. The molecule has 112 valence electrons. The number of hydrogen-bond donors (Lipinski definition) is 2. The van der Waals surface area contributed by atoms with Crippen molar-refractivity contribution < 1.29 is 14.6 Å². The highest BCUT2D eigenvalue weighted by Crippen LogP contribution is 2.19. The lowest BCUT2D eigenvalue weighted by Crippen LogP contribution is -2.46. The number of H-pyrrole nitrogens is 1. The van der Waals surface area contributed by atoms with Crippen molar-refractivity contribution >= 4 is 16.8 Å². The summed E-state index contributed by atoms with van der Waals surface area (Å²) in [4.78, 5) is 17.3. The van der Waals surface area contributed by atoms with E-state index in [1.807, 2.05) is 24.4 Å². The Morgan fingerprint density at radius 3 is 3.14 bits per heavy atom. The molecule has 1 atom stereocenters. The number of hydrogen-bond acceptors (Lipinski definition) is 3. The van der Waals surface area contributed by atoms with Crippen molar-refractivity contribution in [2.24, 2.45) is 0 Å². The lowest BCUT2D eigenvalue weighted by atomic mass is 10.1. The van der Waals surface area contributed by atoms with Gasteiger partial charge in [-0.1, -0.05) is 18.2 Å². The predicted molar refractivity (Wildman–Crippen MR) is 80.0 cm³/mol. The zero-order valence-electron chi connectivity index (χ0n) is 11.9. The first-order valence-electron chi connectivity index (χ1n) is 7.33. The van der Waals surface area contributed by atoms with Crippen molar-refractivity contribution in [3.05, 3.63) is 36.0 Å². The third-order valence-electron chi connectivity index (χ3n) is 3.98. The number of rotatable bonds is 4. The van der Waals surface area contributed by atoms with E-state index in [-0.39, 0.29) is 18.6 Å². The van der Waals surface area contributed by atoms with E-state index in [1.54, 1.807) is 4.90 Å². The van der Waals surface area contributed by atoms with Crippen molar-refractivity contribution in [3.8, 4) is 0 Å². The molecule has 1 aliphatic heterocycles. The molecule has 3 rings (SSSR count). The number of aliphatic hydroxyl groups excluding tert-OH is 1. The molecule has 1 amide bonds. The van der Waals surface area contributed by atoms with Crippen LogP contribution < -0.4 is 0 Å². The maximum Gasteiger partial charge on any atom is 0.223 e. The summed E-state index contributed by atoms with van der Waals surface area (Å²) in [6.45, 7) is 1.57. The number of fused-ring (bicyclic) bond motifs is 1. The number of nitrogens with zero attached hydrogens (tertiary/aromatic N) is 1. The van der Waals surface area contributed by atoms with Crippen LogP contribution in [0.2, 0.25) is 0 Å². The van der Waals surface area contributed by atoms with Gasteiger partial charge in [0, 0.05) is 36.6 Å². The summed E-state index contributed by atoms with van der Waals surface area (Å²) in [6, 6.07) is 8.11. The van der Waals surface area contributed by atoms with E-state index in [1.165, 1.54) is 10.9 Å². The molecular formula is C16H20N2O3. The van der Waals surface area contributed by atoms with Crippen molar-refractivity contribution in [2.45, 2.75) is 18.9 Å². The molecule has 2 heterocycles. The van der Waals surface area contributed by atoms with Gasteiger partial charge in [0.1, 0.15) is 0 Å². The topological polar surface area (TPSA) is 65.6 Å². The van der Waals surface area contributed by atoms with E-state index in [4.69, 9.17) is 9.84 Å². The Labute approximate surface area is 123 Å². The molecule has 0 aliphatic carbocycles. The molecule has 1 saturated heterocycles. The summed E-state index contributed by atoms with van der Waals surface area (Å²) in [5.41, 5.74) is 2.28. The summed E-state index contributed by atoms with van der Waals surface area (Å²) < 4.78 is 5.37. The standard InChI is InChI=1S/C16H20N2O3/c19-11-13-10-18(7-8-21-13)16(20)6-5-12-9-17-15-4-2-1-3-14(12)15/h1-4,9,13,17,19H,5-8,10-11H2. The molecule has 1 fully saturated rings. The molecule has 0 bridgehead atoms. The molecule has 1 aliphatic rings. The number of amides is 1. The summed E-state index contributed by atoms with van der Waals surface area (Å²) in [5, 5.41) is 10.3. The number of aromatic amines is 1. The van der Waals surface area contributed by atoms with Crippen molar-refractivity contribution in [1.29, 1.82) is 0 Å². The Balaban J connectivity index is 1.60. The van der Waals surface area contributed by atoms with Gasteiger partial charge in [-0.2, -0.15) is 0 Å². The summed E-state index contributed by atoms with van der Waals surface area (Å²) in [7, 11) is 0. The second kappa shape index (κ2) is 6.28. The van der Waals surface area contributed by atoms with E-state index in [9.17, 15) is 4.79 Å². The molecule has 21 heavy (non-hydrogen) atoms. The average Bonchev–Trinajstić information content (AvgIpc) is 2.96. The number of carbonyl (C=O) groups excluding carboxylic acids is 1. The minimum absolute atomic E-state index is 0.0355. The number of ether oxygens (including phenoxy) is 1. The molecule has 5 nitrogen and oxygen atoms in total. The van der Waals surface area contributed by atoms with Gasteiger partial charge in [-0.25, -0.2) is 0 Å². The number of benzene rings is 1. The van der Waals surface area contributed by atoms with Crippen LogP contribution in [0.5, 0.6) is 0 Å². The summed E-state index contributed by atoms with van der Waals surface area (Å²) in [5.74, 6) is 0.127. The van der Waals surface area contributed by atoms with Crippen molar-refractivity contribution in [1.82, 2.24) is 9.88 Å². The lowest BCUT2D eigenvalue weighted by molar-refractivity contribution is -0.140. The maximum absolute atomic E-state index is 12.3. The Bertz CT molecular complexity index is 623. The van der Waals surface area contributed by atoms with Crippen LogP contribution in [0.15, 0.2) is 30.5 Å². The average molecular weight is 288 g/mol. The van der Waals surface area contributed by atoms with E-state index >= 15 is 0 Å². The molecule has 0 radical (unpaired) electrons. The SMILES string of the molecule is O=C(CCc1c[nH]c2ccccc12)N1CCOC(CO)C1. The van der Waals surface area contributed by atoms with Crippen LogP contribution in [0.4, 0.5) is 0 Å². The Hall–Kier alpha value is -1.85. The number of morpholine rings is 1. The van der Waals surface area contributed by atoms with Gasteiger partial charge in [0.05, 0.1) is 19.3 Å². The minimum atomic E-state index is -0.240. The van der Waals surface area contributed by atoms with Gasteiger partial charge in [-0.05, 0) is 18.1 Å². The number of aromatic nitrogens is 1. The normalized spacial score (nSPS) is 19.1. The number of nitrogens with one attached hydrogen (secondary N) is 1. The van der Waals surface area contributed by atoms with Gasteiger partial charge in [-0.3, -0.25) is 4.79 Å². The van der Waals surface area contributed by atoms with E-state index in [2.05, 4.69) is 11.1 Å². The fraction of sp³-hybridized carbons (Fsp3) is 0.438. The smallest absolute Gasteiger partial charge is 0.223 e. The third-order valence-corrected chi connectivity index (χ3v) is 3.98. The van der Waals surface area contributed by atoms with Crippen LogP contribution in [0.1, 0.15) is 12.0 Å². The Morgan fingerprint density at radius 2 is 2.29 bits per heavy atom. The van der Waals surface area contributed by atoms with Crippen LogP contribution in [-0.4, -0.2) is 53.3 Å². The number of para-hydroxylation sites is 1. The molecule has 5 heteroatoms. The quantitative estimate of drug-likeness (QED) is 0.892. The van der Waals surface area contributed by atoms with Crippen molar-refractivity contribution in [2.75, 3.05) is 26.3 Å². The number of aryl methyl sites for hydroxylation is 1. The van der Waals surface area contributed by atoms with Gasteiger partial charge in [-0.15, -0.1) is 0 Å². The largest absolute Gasteiger partial charge is 0.394 e. The van der Waals surface area contributed by atoms with E-state index < -0.39 is 0 Å². The first-order chi connectivity index (χ1) is 10.3. The fourth-order valence-corrected chi connectivity index (χ4v) is 2.79. The molecule has 2 N–H and O–H groups in total. The lowest BCUT2D eigenvalue weighted by Gasteiger charge is -2.32. The summed E-state index contributed by atoms with van der Waals surface area (Å²) >= 11 is 0. The van der Waals surface area contributed by atoms with Crippen LogP contribution in [0, 0.1) is 0 Å². The van der Waals surface area contributed by atoms with Crippen LogP contribution in [0.25, 0.3) is 10.9 Å². The second-order valence-electron chi connectivity index (χ2n) is 5.37. The first kappa shape index (κ1) is 14.1. The Morgan fingerprint density at radius 1 is 1.43 bits per heavy atom. The molecule has 1 aromatic carbocycles. The first-order valence-corrected chi connectivity index (χ1v) is 7.33. The summed E-state index contributed by atoms with van der Waals surface area (Å²) in [6.07, 6.45) is 2.95. The molecule has 2 aromatic rings. The highest BCUT2D eigenvalue weighted by Gasteiger charge is 2.23. The minimum Gasteiger partial charge on any atom is -0.394 e. The molecule has 0 saturated carbocycles. The van der Waals surface area contributed by atoms with Crippen LogP contribution >= 0.6 is 0 Å². The van der Waals surface area contributed by atoms with Gasteiger partial charge < -0.3 is 19.7 Å². The van der Waals surface area contributed by atoms with E-state index in [0.29, 0.717) is 26.1 Å². The number of aliphatic hydroxyl groups is 1. The molecule has 0 spiro atoms. The molecule has 1 aromatic heterocycles. The number of carbonyl (C=O) groups is 1. The second-order valence-corrected chi connectivity index (χ2v) is 5.37. The fourth-order valence-electron chi connectivity index (χ4n) is 2.79. The molecule has 1 unspecified atom stereocenters. The zero-order valence-corrected chi connectivity index (χ0v) is 11.9. The Kier molecular flexibility index (Phi) is 4.22. The molecular weight excluding hydrogens is 268 g/mol. The van der Waals surface area contributed by atoms with Crippen molar-refractivity contribution in [3.63, 3.8) is 0 Å². The van der Waals surface area contributed by atoms with Crippen LogP contribution in [0.3, 0.4) is 0 Å². The van der Waals surface area contributed by atoms with Gasteiger partial charge >= 0.3 is 0 Å². The van der Waals surface area contributed by atoms with Gasteiger partial charge in [0.25, 0.3) is 0 Å². The van der Waals surface area contributed by atoms with Gasteiger partial charge in [0.2, 0.25) is 5.91 Å². The zero-order chi connectivity index (χ0) is 14.7. The monoisotopic (exact) mass is 288 g/mol. The van der Waals surface area contributed by atoms with E-state index in [0.717, 1.165) is 11.9 Å². The highest BCUT2D eigenvalue weighted by atomic mass is 16.5.